The number of hydrogen-bond acceptors (Lipinski definition) is 7. The van der Waals surface area contributed by atoms with Crippen molar-refractivity contribution in [3.8, 4) is 0 Å². The molecule has 0 aromatic heterocycles. The van der Waals surface area contributed by atoms with E-state index in [1.807, 2.05) is 13.8 Å². The lowest BCUT2D eigenvalue weighted by atomic mass is 10.0. The van der Waals surface area contributed by atoms with Crippen molar-refractivity contribution in [1.29, 1.82) is 0 Å². The van der Waals surface area contributed by atoms with Gasteiger partial charge in [-0.15, -0.1) is 0 Å². The smallest absolute Gasteiger partial charge is 0.244 e. The summed E-state index contributed by atoms with van der Waals surface area (Å²) in [6.07, 6.45) is 0.289. The number of nitrogens with two attached hydrogens (primary N) is 1. The van der Waals surface area contributed by atoms with Crippen LogP contribution in [-0.2, 0) is 28.8 Å². The summed E-state index contributed by atoms with van der Waals surface area (Å²) in [6, 6.07) is -3.76. The van der Waals surface area contributed by atoms with Gasteiger partial charge < -0.3 is 32.3 Å². The van der Waals surface area contributed by atoms with Crippen molar-refractivity contribution >= 4 is 48.1 Å². The fraction of sp³-hybridized carbons (Fsp3) is 0.714. The van der Waals surface area contributed by atoms with Gasteiger partial charge in [0, 0.05) is 12.7 Å². The van der Waals surface area contributed by atoms with E-state index in [-0.39, 0.29) is 24.0 Å². The highest BCUT2D eigenvalue weighted by Crippen LogP contribution is 2.06. The van der Waals surface area contributed by atoms with E-state index in [1.54, 1.807) is 13.8 Å². The van der Waals surface area contributed by atoms with Crippen LogP contribution in [0, 0.1) is 11.8 Å². The van der Waals surface area contributed by atoms with Crippen LogP contribution in [0.25, 0.3) is 0 Å². The van der Waals surface area contributed by atoms with E-state index in [0.717, 1.165) is 0 Å². The SMILES string of the molecule is CC(=O)N[C@@H](CS)C(=O)N[C@@H](CC(C)C)C(=O)N[C@@H](C)C(=O)NCC(=O)N[C@H](C(N)=O)C(C)C. The Morgan fingerprint density at radius 2 is 1.35 bits per heavy atom. The van der Waals surface area contributed by atoms with Gasteiger partial charge in [0.15, 0.2) is 0 Å². The van der Waals surface area contributed by atoms with Gasteiger partial charge in [-0.1, -0.05) is 27.7 Å². The van der Waals surface area contributed by atoms with E-state index in [0.29, 0.717) is 0 Å². The third-order valence-corrected chi connectivity index (χ3v) is 5.05. The van der Waals surface area contributed by atoms with Gasteiger partial charge >= 0.3 is 0 Å². The lowest BCUT2D eigenvalue weighted by Gasteiger charge is -2.24. The molecule has 34 heavy (non-hydrogen) atoms. The predicted molar refractivity (Wildman–Crippen MR) is 129 cm³/mol. The molecule has 0 saturated heterocycles. The number of carbonyl (C=O) groups is 6. The molecular weight excluding hydrogens is 464 g/mol. The first kappa shape index (κ1) is 31.2. The Kier molecular flexibility index (Phi) is 13.9. The molecule has 0 fully saturated rings. The van der Waals surface area contributed by atoms with Crippen molar-refractivity contribution in [1.82, 2.24) is 26.6 Å². The minimum absolute atomic E-state index is 0.0374. The Hall–Kier alpha value is -2.83. The van der Waals surface area contributed by atoms with E-state index in [4.69, 9.17) is 5.73 Å². The summed E-state index contributed by atoms with van der Waals surface area (Å²) in [7, 11) is 0. The normalized spacial score (nSPS) is 14.4. The lowest BCUT2D eigenvalue weighted by Crippen LogP contribution is -2.57. The van der Waals surface area contributed by atoms with Crippen LogP contribution in [0.2, 0.25) is 0 Å². The van der Waals surface area contributed by atoms with Crippen molar-refractivity contribution in [2.75, 3.05) is 12.3 Å². The average molecular weight is 503 g/mol. The molecule has 13 heteroatoms. The van der Waals surface area contributed by atoms with Crippen molar-refractivity contribution < 1.29 is 28.8 Å². The van der Waals surface area contributed by atoms with Crippen LogP contribution >= 0.6 is 12.6 Å². The second-order valence-electron chi connectivity index (χ2n) is 8.77. The van der Waals surface area contributed by atoms with Crippen molar-refractivity contribution in [2.24, 2.45) is 17.6 Å². The molecule has 0 aromatic carbocycles. The van der Waals surface area contributed by atoms with Crippen LogP contribution in [0.3, 0.4) is 0 Å². The molecule has 0 saturated carbocycles. The Bertz CT molecular complexity index is 760. The lowest BCUT2D eigenvalue weighted by molar-refractivity contribution is -0.133. The molecule has 4 atom stereocenters. The minimum atomic E-state index is -1.01. The highest BCUT2D eigenvalue weighted by atomic mass is 32.1. The first-order valence-corrected chi connectivity index (χ1v) is 11.7. The first-order valence-electron chi connectivity index (χ1n) is 11.0. The summed E-state index contributed by atoms with van der Waals surface area (Å²) in [5, 5.41) is 12.4. The number of rotatable bonds is 14. The summed E-state index contributed by atoms with van der Waals surface area (Å²) in [6.45, 7) is 9.43. The maximum absolute atomic E-state index is 12.8. The molecule has 12 nitrogen and oxygen atoms in total. The Labute approximate surface area is 205 Å². The molecular formula is C21H38N6O6S. The Morgan fingerprint density at radius 1 is 0.794 bits per heavy atom. The number of hydrogen-bond donors (Lipinski definition) is 7. The van der Waals surface area contributed by atoms with Gasteiger partial charge in [0.2, 0.25) is 35.4 Å². The van der Waals surface area contributed by atoms with E-state index in [1.165, 1.54) is 13.8 Å². The number of primary amides is 1. The number of amides is 6. The number of carbonyl (C=O) groups excluding carboxylic acids is 6. The summed E-state index contributed by atoms with van der Waals surface area (Å²) in [4.78, 5) is 72.3. The zero-order valence-corrected chi connectivity index (χ0v) is 21.5. The maximum atomic E-state index is 12.8. The fourth-order valence-electron chi connectivity index (χ4n) is 2.91. The monoisotopic (exact) mass is 502 g/mol. The van der Waals surface area contributed by atoms with E-state index < -0.39 is 66.2 Å². The average Bonchev–Trinajstić information content (AvgIpc) is 2.72. The van der Waals surface area contributed by atoms with Gasteiger partial charge in [0.05, 0.1) is 6.54 Å². The van der Waals surface area contributed by atoms with Crippen molar-refractivity contribution in [3.63, 3.8) is 0 Å². The topological polar surface area (TPSA) is 189 Å². The summed E-state index contributed by atoms with van der Waals surface area (Å²) >= 11 is 4.05. The molecule has 0 heterocycles. The van der Waals surface area contributed by atoms with Crippen molar-refractivity contribution in [2.45, 2.75) is 72.1 Å². The molecule has 0 aliphatic rings. The minimum Gasteiger partial charge on any atom is -0.368 e. The van der Waals surface area contributed by atoms with E-state index in [9.17, 15) is 28.8 Å². The van der Waals surface area contributed by atoms with Gasteiger partial charge in [-0.3, -0.25) is 28.8 Å². The zero-order chi connectivity index (χ0) is 26.6. The molecule has 0 unspecified atom stereocenters. The van der Waals surface area contributed by atoms with Gasteiger partial charge in [0.1, 0.15) is 24.2 Å². The molecule has 0 spiro atoms. The van der Waals surface area contributed by atoms with E-state index >= 15 is 0 Å². The van der Waals surface area contributed by atoms with Crippen molar-refractivity contribution in [3.05, 3.63) is 0 Å². The van der Waals surface area contributed by atoms with Crippen LogP contribution in [-0.4, -0.2) is 71.9 Å². The molecule has 0 aliphatic carbocycles. The first-order chi connectivity index (χ1) is 15.7. The van der Waals surface area contributed by atoms with Crippen LogP contribution in [0.15, 0.2) is 0 Å². The highest BCUT2D eigenvalue weighted by Gasteiger charge is 2.28. The third kappa shape index (κ3) is 11.9. The van der Waals surface area contributed by atoms with Crippen LogP contribution in [0.1, 0.15) is 48.0 Å². The summed E-state index contributed by atoms with van der Waals surface area (Å²) < 4.78 is 0. The fourth-order valence-corrected chi connectivity index (χ4v) is 3.16. The number of thiol groups is 1. The molecule has 0 bridgehead atoms. The predicted octanol–water partition coefficient (Wildman–Crippen LogP) is -1.80. The second kappa shape index (κ2) is 15.1. The van der Waals surface area contributed by atoms with Crippen LogP contribution in [0.5, 0.6) is 0 Å². The zero-order valence-electron chi connectivity index (χ0n) is 20.6. The Morgan fingerprint density at radius 3 is 1.79 bits per heavy atom. The molecule has 194 valence electrons. The molecule has 6 amide bonds. The number of nitrogens with one attached hydrogen (secondary N) is 5. The molecule has 0 rings (SSSR count). The largest absolute Gasteiger partial charge is 0.368 e. The Balaban J connectivity index is 4.99. The van der Waals surface area contributed by atoms with Crippen LogP contribution in [0.4, 0.5) is 0 Å². The highest BCUT2D eigenvalue weighted by molar-refractivity contribution is 7.80. The third-order valence-electron chi connectivity index (χ3n) is 4.68. The molecule has 0 aromatic rings. The molecule has 0 aliphatic heterocycles. The summed E-state index contributed by atoms with van der Waals surface area (Å²) in [5.74, 6) is -3.66. The second-order valence-corrected chi connectivity index (χ2v) is 9.13. The standard InChI is InChI=1S/C21H38N6O6S/c1-10(2)7-14(26-21(33)15(9-34)25-13(6)28)20(32)24-12(5)19(31)23-8-16(29)27-17(11(3)4)18(22)30/h10-12,14-15,17,34H,7-9H2,1-6H3,(H2,22,30)(H,23,31)(H,24,32)(H,25,28)(H,26,33)(H,27,29)/t12-,14-,15-,17-/m0/s1. The van der Waals surface area contributed by atoms with E-state index in [2.05, 4.69) is 39.2 Å². The maximum Gasteiger partial charge on any atom is 0.244 e. The molecule has 7 N–H and O–H groups in total. The van der Waals surface area contributed by atoms with Crippen LogP contribution < -0.4 is 32.3 Å². The van der Waals surface area contributed by atoms with Gasteiger partial charge in [0.25, 0.3) is 0 Å². The van der Waals surface area contributed by atoms with Gasteiger partial charge in [-0.05, 0) is 25.2 Å². The summed E-state index contributed by atoms with van der Waals surface area (Å²) in [5.41, 5.74) is 5.25. The molecule has 0 radical (unpaired) electrons. The van der Waals surface area contributed by atoms with Gasteiger partial charge in [-0.2, -0.15) is 12.6 Å². The quantitative estimate of drug-likeness (QED) is 0.137. The van der Waals surface area contributed by atoms with Gasteiger partial charge in [-0.25, -0.2) is 0 Å².